The van der Waals surface area contributed by atoms with Crippen LogP contribution in [-0.2, 0) is 13.1 Å². The maximum atomic E-state index is 12.6. The fourth-order valence-corrected chi connectivity index (χ4v) is 3.15. The summed E-state index contributed by atoms with van der Waals surface area (Å²) in [5.41, 5.74) is 1.01. The van der Waals surface area contributed by atoms with Crippen molar-refractivity contribution in [2.45, 2.75) is 26.9 Å². The Balaban J connectivity index is 1.62. The lowest BCUT2D eigenvalue weighted by Gasteiger charge is -2.34. The first-order valence-corrected chi connectivity index (χ1v) is 9.04. The van der Waals surface area contributed by atoms with Crippen LogP contribution < -0.4 is 10.5 Å². The summed E-state index contributed by atoms with van der Waals surface area (Å²) in [6.45, 7) is 9.08. The molecule has 0 radical (unpaired) electrons. The minimum atomic E-state index is 0.00372. The summed E-state index contributed by atoms with van der Waals surface area (Å²) in [4.78, 5) is 25.7. The van der Waals surface area contributed by atoms with E-state index in [2.05, 4.69) is 33.6 Å². The first kappa shape index (κ1) is 17.9. The number of pyridine rings is 1. The second kappa shape index (κ2) is 7.97. The molecule has 0 atom stereocenters. The number of nitrogens with zero attached hydrogens (tertiary/aromatic N) is 5. The first-order valence-electron chi connectivity index (χ1n) is 8.66. The van der Waals surface area contributed by atoms with Gasteiger partial charge in [-0.1, -0.05) is 25.4 Å². The van der Waals surface area contributed by atoms with Crippen molar-refractivity contribution in [3.63, 3.8) is 0 Å². The second-order valence-electron chi connectivity index (χ2n) is 6.83. The van der Waals surface area contributed by atoms with Gasteiger partial charge in [0.05, 0.1) is 10.7 Å². The molecule has 134 valence electrons. The van der Waals surface area contributed by atoms with E-state index in [1.165, 1.54) is 0 Å². The lowest BCUT2D eigenvalue weighted by atomic mass is 10.2. The number of hydrogen-bond donors (Lipinski definition) is 0. The van der Waals surface area contributed by atoms with E-state index in [9.17, 15) is 4.79 Å². The Morgan fingerprint density at radius 2 is 1.92 bits per heavy atom. The molecule has 0 aromatic carbocycles. The van der Waals surface area contributed by atoms with Crippen molar-refractivity contribution in [3.05, 3.63) is 51.8 Å². The Bertz CT molecular complexity index is 751. The average Bonchev–Trinajstić information content (AvgIpc) is 2.59. The Kier molecular flexibility index (Phi) is 5.71. The largest absolute Gasteiger partial charge is 0.349 e. The van der Waals surface area contributed by atoms with Crippen LogP contribution in [0.25, 0.3) is 0 Å². The van der Waals surface area contributed by atoms with Crippen LogP contribution in [0.2, 0.25) is 5.02 Å². The fraction of sp³-hybridized carbons (Fsp3) is 0.500. The van der Waals surface area contributed by atoms with Crippen LogP contribution in [0.4, 0.5) is 5.82 Å². The lowest BCUT2D eigenvalue weighted by Crippen LogP contribution is -2.48. The molecule has 25 heavy (non-hydrogen) atoms. The lowest BCUT2D eigenvalue weighted by molar-refractivity contribution is 0.246. The van der Waals surface area contributed by atoms with Gasteiger partial charge < -0.3 is 9.47 Å². The molecule has 0 bridgehead atoms. The Morgan fingerprint density at radius 3 is 2.56 bits per heavy atom. The molecule has 0 N–H and O–H groups in total. The highest BCUT2D eigenvalue weighted by Crippen LogP contribution is 2.13. The van der Waals surface area contributed by atoms with Crippen LogP contribution in [0.3, 0.4) is 0 Å². The van der Waals surface area contributed by atoms with Crippen molar-refractivity contribution in [3.8, 4) is 0 Å². The normalized spacial score (nSPS) is 15.8. The number of anilines is 1. The van der Waals surface area contributed by atoms with Crippen molar-refractivity contribution in [1.82, 2.24) is 19.4 Å². The third kappa shape index (κ3) is 4.58. The van der Waals surface area contributed by atoms with Gasteiger partial charge in [-0.15, -0.1) is 0 Å². The van der Waals surface area contributed by atoms with Crippen LogP contribution in [0.1, 0.15) is 19.5 Å². The Hall–Kier alpha value is -1.92. The van der Waals surface area contributed by atoms with Crippen LogP contribution in [0, 0.1) is 5.92 Å². The minimum Gasteiger partial charge on any atom is -0.349 e. The van der Waals surface area contributed by atoms with Gasteiger partial charge in [-0.2, -0.15) is 0 Å². The molecule has 1 aliphatic rings. The summed E-state index contributed by atoms with van der Waals surface area (Å²) in [5, 5.41) is 0.654. The van der Waals surface area contributed by atoms with Gasteiger partial charge in [-0.05, 0) is 18.1 Å². The molecular weight excluding hydrogens is 338 g/mol. The molecule has 1 aliphatic heterocycles. The summed E-state index contributed by atoms with van der Waals surface area (Å²) in [6, 6.07) is 3.82. The minimum absolute atomic E-state index is 0.00372. The molecule has 0 unspecified atom stereocenters. The van der Waals surface area contributed by atoms with Crippen molar-refractivity contribution in [1.29, 1.82) is 0 Å². The molecule has 3 heterocycles. The van der Waals surface area contributed by atoms with E-state index in [1.807, 2.05) is 12.1 Å². The van der Waals surface area contributed by atoms with Crippen molar-refractivity contribution in [2.24, 2.45) is 5.92 Å². The molecule has 1 saturated heterocycles. The molecule has 0 aliphatic carbocycles. The maximum Gasteiger partial charge on any atom is 0.293 e. The quantitative estimate of drug-likeness (QED) is 0.817. The average molecular weight is 362 g/mol. The third-order valence-electron chi connectivity index (χ3n) is 4.30. The van der Waals surface area contributed by atoms with Gasteiger partial charge in [0.25, 0.3) is 5.56 Å². The van der Waals surface area contributed by atoms with E-state index >= 15 is 0 Å². The molecule has 7 heteroatoms. The molecule has 0 amide bonds. The monoisotopic (exact) mass is 361 g/mol. The smallest absolute Gasteiger partial charge is 0.293 e. The zero-order chi connectivity index (χ0) is 17.8. The van der Waals surface area contributed by atoms with E-state index in [0.29, 0.717) is 16.8 Å². The summed E-state index contributed by atoms with van der Waals surface area (Å²) >= 11 is 5.88. The Morgan fingerprint density at radius 1 is 1.16 bits per heavy atom. The van der Waals surface area contributed by atoms with Gasteiger partial charge in [0.1, 0.15) is 0 Å². The van der Waals surface area contributed by atoms with Crippen molar-refractivity contribution >= 4 is 17.4 Å². The Labute approximate surface area is 153 Å². The van der Waals surface area contributed by atoms with E-state index in [1.54, 1.807) is 23.2 Å². The standard InChI is InChI=1S/C18H24ClN5O/c1-14(2)12-24-6-5-20-17(18(24)25)23-9-7-22(8-10-23)13-16-4-3-15(19)11-21-16/h3-6,11,14H,7-10,12-13H2,1-2H3. The topological polar surface area (TPSA) is 54.3 Å². The number of hydrogen-bond acceptors (Lipinski definition) is 5. The van der Waals surface area contributed by atoms with Gasteiger partial charge in [0.2, 0.25) is 0 Å². The SMILES string of the molecule is CC(C)Cn1ccnc(N2CCN(Cc3ccc(Cl)cn3)CC2)c1=O. The van der Waals surface area contributed by atoms with Crippen molar-refractivity contribution < 1.29 is 0 Å². The predicted molar refractivity (Wildman–Crippen MR) is 100 cm³/mol. The summed E-state index contributed by atoms with van der Waals surface area (Å²) in [5.74, 6) is 0.990. The van der Waals surface area contributed by atoms with Gasteiger partial charge in [-0.25, -0.2) is 4.98 Å². The molecule has 1 fully saturated rings. The molecular formula is C18H24ClN5O. The van der Waals surface area contributed by atoms with E-state index in [4.69, 9.17) is 11.6 Å². The first-order chi connectivity index (χ1) is 12.0. The van der Waals surface area contributed by atoms with Crippen LogP contribution in [0.15, 0.2) is 35.5 Å². The zero-order valence-corrected chi connectivity index (χ0v) is 15.5. The predicted octanol–water partition coefficient (Wildman–Crippen LogP) is 2.27. The molecule has 6 nitrogen and oxygen atoms in total. The highest BCUT2D eigenvalue weighted by atomic mass is 35.5. The maximum absolute atomic E-state index is 12.6. The molecule has 2 aromatic heterocycles. The van der Waals surface area contributed by atoms with Crippen LogP contribution in [0.5, 0.6) is 0 Å². The molecule has 0 spiro atoms. The van der Waals surface area contributed by atoms with Gasteiger partial charge in [-0.3, -0.25) is 14.7 Å². The summed E-state index contributed by atoms with van der Waals surface area (Å²) < 4.78 is 1.76. The van der Waals surface area contributed by atoms with Crippen LogP contribution >= 0.6 is 11.6 Å². The highest BCUT2D eigenvalue weighted by Gasteiger charge is 2.21. The van der Waals surface area contributed by atoms with E-state index in [-0.39, 0.29) is 5.56 Å². The molecule has 2 aromatic rings. The summed E-state index contributed by atoms with van der Waals surface area (Å²) in [6.07, 6.45) is 5.18. The molecule has 3 rings (SSSR count). The highest BCUT2D eigenvalue weighted by molar-refractivity contribution is 6.30. The number of rotatable bonds is 5. The molecule has 0 saturated carbocycles. The number of aromatic nitrogens is 3. The van der Waals surface area contributed by atoms with E-state index < -0.39 is 0 Å². The second-order valence-corrected chi connectivity index (χ2v) is 7.27. The van der Waals surface area contributed by atoms with E-state index in [0.717, 1.165) is 45.0 Å². The number of halogens is 1. The van der Waals surface area contributed by atoms with Crippen molar-refractivity contribution in [2.75, 3.05) is 31.1 Å². The van der Waals surface area contributed by atoms with Crippen LogP contribution in [-0.4, -0.2) is 45.6 Å². The fourth-order valence-electron chi connectivity index (χ4n) is 3.04. The summed E-state index contributed by atoms with van der Waals surface area (Å²) in [7, 11) is 0. The van der Waals surface area contributed by atoms with Gasteiger partial charge in [0.15, 0.2) is 5.82 Å². The zero-order valence-electron chi connectivity index (χ0n) is 14.7. The van der Waals surface area contributed by atoms with Gasteiger partial charge in [0, 0.05) is 57.9 Å². The van der Waals surface area contributed by atoms with Gasteiger partial charge >= 0.3 is 0 Å². The third-order valence-corrected chi connectivity index (χ3v) is 4.53. The number of piperazine rings is 1.